The molecule has 0 spiro atoms. The molecule has 0 aromatic heterocycles. The lowest BCUT2D eigenvalue weighted by molar-refractivity contribution is 0.0950. The van der Waals surface area contributed by atoms with Gasteiger partial charge in [-0.15, -0.1) is 0 Å². The first-order valence-electron chi connectivity index (χ1n) is 9.12. The third-order valence-electron chi connectivity index (χ3n) is 4.11. The molecule has 0 aliphatic heterocycles. The van der Waals surface area contributed by atoms with Crippen LogP contribution in [-0.2, 0) is 6.54 Å². The van der Waals surface area contributed by atoms with Crippen molar-refractivity contribution < 1.29 is 14.3 Å². The van der Waals surface area contributed by atoms with Crippen molar-refractivity contribution in [3.8, 4) is 5.75 Å². The molecule has 2 amide bonds. The number of hydrogen-bond acceptors (Lipinski definition) is 3. The van der Waals surface area contributed by atoms with Gasteiger partial charge in [-0.1, -0.05) is 36.4 Å². The summed E-state index contributed by atoms with van der Waals surface area (Å²) in [6.45, 7) is 2.90. The molecular weight excluding hydrogens is 352 g/mol. The molecule has 0 aliphatic rings. The molecule has 0 atom stereocenters. The molecule has 5 heteroatoms. The first-order valence-corrected chi connectivity index (χ1v) is 9.12. The summed E-state index contributed by atoms with van der Waals surface area (Å²) in [6.07, 6.45) is 0. The van der Waals surface area contributed by atoms with Gasteiger partial charge in [0.2, 0.25) is 0 Å². The quantitative estimate of drug-likeness (QED) is 0.649. The molecule has 0 saturated carbocycles. The topological polar surface area (TPSA) is 67.4 Å². The molecule has 0 fully saturated rings. The lowest BCUT2D eigenvalue weighted by Crippen LogP contribution is -2.22. The number of carbonyl (C=O) groups is 2. The lowest BCUT2D eigenvalue weighted by atomic mass is 10.1. The van der Waals surface area contributed by atoms with E-state index < -0.39 is 0 Å². The average molecular weight is 374 g/mol. The van der Waals surface area contributed by atoms with Crippen molar-refractivity contribution in [3.63, 3.8) is 0 Å². The Kier molecular flexibility index (Phi) is 6.41. The summed E-state index contributed by atoms with van der Waals surface area (Å²) in [5, 5.41) is 5.70. The number of benzene rings is 3. The Morgan fingerprint density at radius 3 is 2.29 bits per heavy atom. The summed E-state index contributed by atoms with van der Waals surface area (Å²) in [6, 6.07) is 23.5. The number of carbonyl (C=O) groups excluding carboxylic acids is 2. The first kappa shape index (κ1) is 19.2. The molecule has 142 valence electrons. The predicted molar refractivity (Wildman–Crippen MR) is 110 cm³/mol. The minimum atomic E-state index is -0.233. The molecule has 2 N–H and O–H groups in total. The monoisotopic (exact) mass is 374 g/mol. The fourth-order valence-electron chi connectivity index (χ4n) is 2.68. The van der Waals surface area contributed by atoms with E-state index in [1.165, 1.54) is 0 Å². The van der Waals surface area contributed by atoms with Crippen LogP contribution >= 0.6 is 0 Å². The number of hydrogen-bond donors (Lipinski definition) is 2. The molecule has 0 saturated heterocycles. The Morgan fingerprint density at radius 1 is 0.821 bits per heavy atom. The van der Waals surface area contributed by atoms with E-state index in [1.807, 2.05) is 43.3 Å². The Balaban J connectivity index is 1.58. The van der Waals surface area contributed by atoms with Gasteiger partial charge in [-0.25, -0.2) is 0 Å². The van der Waals surface area contributed by atoms with Crippen LogP contribution in [0.5, 0.6) is 5.75 Å². The van der Waals surface area contributed by atoms with Crippen molar-refractivity contribution >= 4 is 17.5 Å². The van der Waals surface area contributed by atoms with Crippen LogP contribution in [0.1, 0.15) is 33.2 Å². The van der Waals surface area contributed by atoms with Gasteiger partial charge in [0, 0.05) is 23.4 Å². The highest BCUT2D eigenvalue weighted by Gasteiger charge is 2.09. The first-order chi connectivity index (χ1) is 13.7. The molecule has 0 radical (unpaired) electrons. The zero-order valence-corrected chi connectivity index (χ0v) is 15.6. The molecule has 0 aliphatic carbocycles. The van der Waals surface area contributed by atoms with Gasteiger partial charge in [0.1, 0.15) is 5.75 Å². The Labute approximate surface area is 164 Å². The Bertz CT molecular complexity index is 938. The maximum Gasteiger partial charge on any atom is 0.255 e. The Morgan fingerprint density at radius 2 is 1.57 bits per heavy atom. The lowest BCUT2D eigenvalue weighted by Gasteiger charge is -2.09. The summed E-state index contributed by atoms with van der Waals surface area (Å²) >= 11 is 0. The van der Waals surface area contributed by atoms with Crippen LogP contribution in [-0.4, -0.2) is 18.4 Å². The van der Waals surface area contributed by atoms with E-state index in [-0.39, 0.29) is 11.8 Å². The fraction of sp³-hybridized carbons (Fsp3) is 0.130. The summed E-state index contributed by atoms with van der Waals surface area (Å²) in [5.41, 5.74) is 2.70. The van der Waals surface area contributed by atoms with E-state index in [0.717, 1.165) is 5.56 Å². The van der Waals surface area contributed by atoms with Crippen molar-refractivity contribution in [1.29, 1.82) is 0 Å². The van der Waals surface area contributed by atoms with Crippen LogP contribution in [0.4, 0.5) is 5.69 Å². The highest BCUT2D eigenvalue weighted by Crippen LogP contribution is 2.16. The second kappa shape index (κ2) is 9.37. The number of amides is 2. The van der Waals surface area contributed by atoms with Gasteiger partial charge < -0.3 is 15.4 Å². The molecule has 5 nitrogen and oxygen atoms in total. The van der Waals surface area contributed by atoms with Crippen molar-refractivity contribution in [3.05, 3.63) is 95.6 Å². The smallest absolute Gasteiger partial charge is 0.255 e. The normalized spacial score (nSPS) is 10.2. The van der Waals surface area contributed by atoms with E-state index in [4.69, 9.17) is 4.74 Å². The van der Waals surface area contributed by atoms with Crippen LogP contribution in [0.3, 0.4) is 0 Å². The van der Waals surface area contributed by atoms with E-state index >= 15 is 0 Å². The molecule has 3 aromatic rings. The number of anilines is 1. The van der Waals surface area contributed by atoms with Crippen molar-refractivity contribution in [2.75, 3.05) is 11.9 Å². The number of nitrogens with one attached hydrogen (secondary N) is 2. The van der Waals surface area contributed by atoms with Gasteiger partial charge in [-0.05, 0) is 55.0 Å². The van der Waals surface area contributed by atoms with Crippen molar-refractivity contribution in [2.24, 2.45) is 0 Å². The van der Waals surface area contributed by atoms with E-state index in [9.17, 15) is 9.59 Å². The van der Waals surface area contributed by atoms with Crippen LogP contribution in [0.15, 0.2) is 78.9 Å². The van der Waals surface area contributed by atoms with Gasteiger partial charge in [0.05, 0.1) is 6.61 Å². The summed E-state index contributed by atoms with van der Waals surface area (Å²) in [5.74, 6) is 0.259. The van der Waals surface area contributed by atoms with Gasteiger partial charge in [-0.3, -0.25) is 9.59 Å². The van der Waals surface area contributed by atoms with Gasteiger partial charge >= 0.3 is 0 Å². The minimum Gasteiger partial charge on any atom is -0.494 e. The highest BCUT2D eigenvalue weighted by molar-refractivity contribution is 6.04. The SMILES string of the molecule is CCOc1cccc(C(=O)Nc2ccc(C(=O)NCc3ccccc3)cc2)c1. The van der Waals surface area contributed by atoms with Crippen molar-refractivity contribution in [1.82, 2.24) is 5.32 Å². The fourth-order valence-corrected chi connectivity index (χ4v) is 2.68. The van der Waals surface area contributed by atoms with Crippen molar-refractivity contribution in [2.45, 2.75) is 13.5 Å². The highest BCUT2D eigenvalue weighted by atomic mass is 16.5. The molecule has 3 rings (SSSR count). The summed E-state index contributed by atoms with van der Waals surface area (Å²) in [4.78, 5) is 24.7. The maximum absolute atomic E-state index is 12.4. The second-order valence-corrected chi connectivity index (χ2v) is 6.16. The number of ether oxygens (including phenoxy) is 1. The molecule has 0 bridgehead atoms. The van der Waals surface area contributed by atoms with Gasteiger partial charge in [-0.2, -0.15) is 0 Å². The molecule has 0 heterocycles. The van der Waals surface area contributed by atoms with Crippen LogP contribution in [0, 0.1) is 0 Å². The Hall–Kier alpha value is -3.60. The molecule has 28 heavy (non-hydrogen) atoms. The molecular formula is C23H22N2O3. The largest absolute Gasteiger partial charge is 0.494 e. The van der Waals surface area contributed by atoms with Gasteiger partial charge in [0.15, 0.2) is 0 Å². The zero-order chi connectivity index (χ0) is 19.8. The van der Waals surface area contributed by atoms with E-state index in [2.05, 4.69) is 10.6 Å². The van der Waals surface area contributed by atoms with Crippen LogP contribution in [0.25, 0.3) is 0 Å². The minimum absolute atomic E-state index is 0.161. The average Bonchev–Trinajstić information content (AvgIpc) is 2.74. The van der Waals surface area contributed by atoms with E-state index in [0.29, 0.717) is 35.7 Å². The van der Waals surface area contributed by atoms with E-state index in [1.54, 1.807) is 42.5 Å². The standard InChI is InChI=1S/C23H22N2O3/c1-2-28-21-10-6-9-19(15-21)23(27)25-20-13-11-18(12-14-20)22(26)24-16-17-7-4-3-5-8-17/h3-15H,2,16H2,1H3,(H,24,26)(H,25,27). The maximum atomic E-state index is 12.4. The second-order valence-electron chi connectivity index (χ2n) is 6.16. The molecule has 3 aromatic carbocycles. The third-order valence-corrected chi connectivity index (χ3v) is 4.11. The van der Waals surface area contributed by atoms with Crippen LogP contribution in [0.2, 0.25) is 0 Å². The summed E-state index contributed by atoms with van der Waals surface area (Å²) < 4.78 is 5.42. The predicted octanol–water partition coefficient (Wildman–Crippen LogP) is 4.27. The number of rotatable bonds is 7. The van der Waals surface area contributed by atoms with Gasteiger partial charge in [0.25, 0.3) is 11.8 Å². The zero-order valence-electron chi connectivity index (χ0n) is 15.6. The molecule has 0 unspecified atom stereocenters. The third kappa shape index (κ3) is 5.20. The summed E-state index contributed by atoms with van der Waals surface area (Å²) in [7, 11) is 0. The van der Waals surface area contributed by atoms with Crippen LogP contribution < -0.4 is 15.4 Å².